The van der Waals surface area contributed by atoms with Crippen molar-refractivity contribution in [3.8, 4) is 0 Å². The summed E-state index contributed by atoms with van der Waals surface area (Å²) in [5, 5.41) is 4.62. The normalized spacial score (nSPS) is 11.0. The zero-order chi connectivity index (χ0) is 15.8. The lowest BCUT2D eigenvalue weighted by molar-refractivity contribution is 0.102. The van der Waals surface area contributed by atoms with Crippen LogP contribution in [0.5, 0.6) is 0 Å². The van der Waals surface area contributed by atoms with E-state index in [2.05, 4.69) is 26.2 Å². The number of furan rings is 1. The number of amides is 1. The smallest absolute Gasteiger partial charge is 0.259 e. The molecule has 1 amide bonds. The molecule has 0 atom stereocenters. The zero-order valence-corrected chi connectivity index (χ0v) is 13.5. The van der Waals surface area contributed by atoms with E-state index >= 15 is 0 Å². The van der Waals surface area contributed by atoms with E-state index in [-0.39, 0.29) is 5.91 Å². The van der Waals surface area contributed by atoms with Crippen molar-refractivity contribution in [1.29, 1.82) is 0 Å². The Labute approximate surface area is 140 Å². The van der Waals surface area contributed by atoms with E-state index in [0.29, 0.717) is 16.8 Å². The Morgan fingerprint density at radius 2 is 2.00 bits per heavy atom. The summed E-state index contributed by atoms with van der Waals surface area (Å²) in [6.07, 6.45) is 3.12. The van der Waals surface area contributed by atoms with Gasteiger partial charge in [0, 0.05) is 10.8 Å². The predicted molar refractivity (Wildman–Crippen MR) is 93.6 cm³/mol. The monoisotopic (exact) mass is 366 g/mol. The van der Waals surface area contributed by atoms with Crippen LogP contribution in [-0.4, -0.2) is 10.9 Å². The molecule has 2 aromatic heterocycles. The second kappa shape index (κ2) is 5.52. The van der Waals surface area contributed by atoms with Gasteiger partial charge in [0.15, 0.2) is 0 Å². The Hall–Kier alpha value is -2.66. The Morgan fingerprint density at radius 3 is 2.91 bits per heavy atom. The van der Waals surface area contributed by atoms with E-state index in [0.717, 1.165) is 20.8 Å². The van der Waals surface area contributed by atoms with Gasteiger partial charge in [0.1, 0.15) is 11.8 Å². The topological polar surface area (TPSA) is 55.1 Å². The first-order valence-electron chi connectivity index (χ1n) is 7.04. The number of nitrogens with one attached hydrogen (secondary N) is 1. The van der Waals surface area contributed by atoms with E-state index in [1.54, 1.807) is 6.20 Å². The van der Waals surface area contributed by atoms with Crippen molar-refractivity contribution in [2.75, 3.05) is 5.32 Å². The van der Waals surface area contributed by atoms with Crippen LogP contribution in [0.4, 0.5) is 5.69 Å². The number of hydrogen-bond donors (Lipinski definition) is 1. The van der Waals surface area contributed by atoms with Gasteiger partial charge < -0.3 is 9.73 Å². The second-order valence-corrected chi connectivity index (χ2v) is 5.99. The van der Waals surface area contributed by atoms with Crippen LogP contribution in [0, 0.1) is 0 Å². The average molecular weight is 367 g/mol. The molecule has 0 aliphatic rings. The highest BCUT2D eigenvalue weighted by atomic mass is 79.9. The number of nitrogens with zero attached hydrogens (tertiary/aromatic N) is 1. The van der Waals surface area contributed by atoms with Gasteiger partial charge in [-0.15, -0.1) is 0 Å². The van der Waals surface area contributed by atoms with E-state index in [1.165, 1.54) is 6.26 Å². The Bertz CT molecular complexity index is 1040. The molecule has 1 N–H and O–H groups in total. The third-order valence-corrected chi connectivity index (χ3v) is 4.27. The third-order valence-electron chi connectivity index (χ3n) is 3.64. The summed E-state index contributed by atoms with van der Waals surface area (Å²) >= 11 is 3.42. The number of anilines is 1. The predicted octanol–water partition coefficient (Wildman–Crippen LogP) is 5.00. The van der Waals surface area contributed by atoms with Gasteiger partial charge in [-0.25, -0.2) is 0 Å². The summed E-state index contributed by atoms with van der Waals surface area (Å²) in [5.74, 6) is -0.223. The molecule has 0 unspecified atom stereocenters. The van der Waals surface area contributed by atoms with Gasteiger partial charge >= 0.3 is 0 Å². The summed E-state index contributed by atoms with van der Waals surface area (Å²) in [7, 11) is 0. The minimum Gasteiger partial charge on any atom is -0.462 e. The van der Waals surface area contributed by atoms with E-state index < -0.39 is 0 Å². The molecular formula is C18H11BrN2O2. The fourth-order valence-electron chi connectivity index (χ4n) is 2.54. The van der Waals surface area contributed by atoms with Crippen molar-refractivity contribution in [3.63, 3.8) is 0 Å². The lowest BCUT2D eigenvalue weighted by atomic mass is 10.1. The fourth-order valence-corrected chi connectivity index (χ4v) is 3.00. The number of hydrogen-bond acceptors (Lipinski definition) is 3. The second-order valence-electron chi connectivity index (χ2n) is 5.14. The number of aromatic nitrogens is 1. The quantitative estimate of drug-likeness (QED) is 0.543. The van der Waals surface area contributed by atoms with Crippen molar-refractivity contribution in [3.05, 3.63) is 71.0 Å². The first kappa shape index (κ1) is 14.0. The van der Waals surface area contributed by atoms with Crippen LogP contribution >= 0.6 is 15.9 Å². The van der Waals surface area contributed by atoms with Crippen molar-refractivity contribution < 1.29 is 9.21 Å². The summed E-state index contributed by atoms with van der Waals surface area (Å²) in [5.41, 5.74) is 2.70. The molecular weight excluding hydrogens is 356 g/mol. The lowest BCUT2D eigenvalue weighted by Crippen LogP contribution is -2.11. The molecule has 0 saturated carbocycles. The average Bonchev–Trinajstić information content (AvgIpc) is 3.00. The minimum absolute atomic E-state index is 0.223. The Balaban J connectivity index is 1.69. The molecule has 0 bridgehead atoms. The van der Waals surface area contributed by atoms with Crippen LogP contribution < -0.4 is 5.32 Å². The maximum atomic E-state index is 12.5. The molecule has 0 radical (unpaired) electrons. The molecule has 2 aromatic carbocycles. The van der Waals surface area contributed by atoms with Crippen LogP contribution in [0.2, 0.25) is 0 Å². The van der Waals surface area contributed by atoms with Crippen LogP contribution in [0.3, 0.4) is 0 Å². The zero-order valence-electron chi connectivity index (χ0n) is 11.9. The molecule has 0 saturated heterocycles. The maximum Gasteiger partial charge on any atom is 0.259 e. The molecule has 0 fully saturated rings. The highest BCUT2D eigenvalue weighted by molar-refractivity contribution is 9.10. The number of halogens is 1. The fraction of sp³-hybridized carbons (Fsp3) is 0. The number of fused-ring (bicyclic) bond motifs is 2. The molecule has 5 heteroatoms. The Kier molecular flexibility index (Phi) is 3.35. The van der Waals surface area contributed by atoms with E-state index in [4.69, 9.17) is 4.42 Å². The third kappa shape index (κ3) is 2.49. The van der Waals surface area contributed by atoms with Crippen molar-refractivity contribution in [2.24, 2.45) is 0 Å². The van der Waals surface area contributed by atoms with Gasteiger partial charge in [-0.05, 0) is 34.1 Å². The number of benzene rings is 2. The molecule has 0 spiro atoms. The first-order valence-corrected chi connectivity index (χ1v) is 7.83. The largest absolute Gasteiger partial charge is 0.462 e. The number of carbonyl (C=O) groups is 1. The minimum atomic E-state index is -0.223. The Morgan fingerprint density at radius 1 is 1.13 bits per heavy atom. The van der Waals surface area contributed by atoms with Crippen molar-refractivity contribution >= 4 is 49.4 Å². The highest BCUT2D eigenvalue weighted by Crippen LogP contribution is 2.28. The van der Waals surface area contributed by atoms with Gasteiger partial charge in [0.05, 0.1) is 27.4 Å². The van der Waals surface area contributed by atoms with Crippen molar-refractivity contribution in [2.45, 2.75) is 0 Å². The van der Waals surface area contributed by atoms with E-state index in [1.807, 2.05) is 48.5 Å². The highest BCUT2D eigenvalue weighted by Gasteiger charge is 2.15. The maximum absolute atomic E-state index is 12.5. The van der Waals surface area contributed by atoms with Gasteiger partial charge in [-0.1, -0.05) is 30.3 Å². The molecule has 4 rings (SSSR count). The number of carbonyl (C=O) groups excluding carboxylic acids is 1. The number of rotatable bonds is 2. The van der Waals surface area contributed by atoms with Crippen LogP contribution in [0.15, 0.2) is 69.9 Å². The molecule has 4 nitrogen and oxygen atoms in total. The SMILES string of the molecule is O=C(Nc1cnc2ccccc2c1)c1coc2c(Br)cccc12. The van der Waals surface area contributed by atoms with Crippen LogP contribution in [0.1, 0.15) is 10.4 Å². The van der Waals surface area contributed by atoms with Crippen molar-refractivity contribution in [1.82, 2.24) is 4.98 Å². The molecule has 23 heavy (non-hydrogen) atoms. The van der Waals surface area contributed by atoms with Crippen LogP contribution in [0.25, 0.3) is 21.9 Å². The standard InChI is InChI=1S/C18H11BrN2O2/c19-15-6-3-5-13-14(10-23-17(13)15)18(22)21-12-8-11-4-1-2-7-16(11)20-9-12/h1-10H,(H,21,22). The van der Waals surface area contributed by atoms with Crippen LogP contribution in [-0.2, 0) is 0 Å². The molecule has 112 valence electrons. The molecule has 2 heterocycles. The number of para-hydroxylation sites is 2. The summed E-state index contributed by atoms with van der Waals surface area (Å²) in [6, 6.07) is 15.3. The number of pyridine rings is 1. The molecule has 4 aromatic rings. The summed E-state index contributed by atoms with van der Waals surface area (Å²) < 4.78 is 6.31. The van der Waals surface area contributed by atoms with Gasteiger partial charge in [-0.3, -0.25) is 9.78 Å². The lowest BCUT2D eigenvalue weighted by Gasteiger charge is -2.05. The van der Waals surface area contributed by atoms with E-state index in [9.17, 15) is 4.79 Å². The molecule has 0 aliphatic heterocycles. The summed E-state index contributed by atoms with van der Waals surface area (Å²) in [4.78, 5) is 16.9. The first-order chi connectivity index (χ1) is 11.2. The van der Waals surface area contributed by atoms with Gasteiger partial charge in [0.2, 0.25) is 0 Å². The van der Waals surface area contributed by atoms with Gasteiger partial charge in [-0.2, -0.15) is 0 Å². The summed E-state index contributed by atoms with van der Waals surface area (Å²) in [6.45, 7) is 0. The molecule has 0 aliphatic carbocycles. The van der Waals surface area contributed by atoms with Gasteiger partial charge in [0.25, 0.3) is 5.91 Å².